The van der Waals surface area contributed by atoms with Crippen LogP contribution in [0.5, 0.6) is 0 Å². The van der Waals surface area contributed by atoms with Crippen molar-refractivity contribution < 1.29 is 0 Å². The fourth-order valence-electron chi connectivity index (χ4n) is 0.0833. The van der Waals surface area contributed by atoms with E-state index in [1.54, 1.807) is 23.6 Å². The van der Waals surface area contributed by atoms with E-state index in [2.05, 4.69) is 4.13 Å². The Morgan fingerprint density at radius 1 is 1.20 bits per heavy atom. The lowest BCUT2D eigenvalue weighted by Crippen LogP contribution is -1.83. The van der Waals surface area contributed by atoms with Gasteiger partial charge in [-0.15, -0.1) is 23.6 Å². The lowest BCUT2D eigenvalue weighted by molar-refractivity contribution is 1.81. The van der Waals surface area contributed by atoms with Crippen LogP contribution in [0.15, 0.2) is 0 Å². The van der Waals surface area contributed by atoms with Crippen molar-refractivity contribution in [2.75, 3.05) is 0 Å². The summed E-state index contributed by atoms with van der Waals surface area (Å²) in [5.41, 5.74) is 0. The van der Waals surface area contributed by atoms with Crippen molar-refractivity contribution in [2.45, 2.75) is 0 Å². The van der Waals surface area contributed by atoms with Gasteiger partial charge in [0.2, 0.25) is 0 Å². The summed E-state index contributed by atoms with van der Waals surface area (Å²) in [6, 6.07) is 0. The monoisotopic (exact) mass is 105 g/mol. The predicted molar refractivity (Wildman–Crippen MR) is 35.4 cm³/mol. The first-order valence-corrected chi connectivity index (χ1v) is 3.67. The Hall–Kier alpha value is 0.790. The number of rotatable bonds is 2. The summed E-state index contributed by atoms with van der Waals surface area (Å²) in [6.07, 6.45) is 0. The first-order chi connectivity index (χ1) is 2.41. The van der Waals surface area contributed by atoms with Gasteiger partial charge in [-0.2, -0.15) is 0 Å². The lowest BCUT2D eigenvalue weighted by atomic mass is 10.8. The maximum absolute atomic E-state index is 2.94. The summed E-state index contributed by atoms with van der Waals surface area (Å²) in [4.78, 5) is 0. The van der Waals surface area contributed by atoms with Gasteiger partial charge in [-0.3, -0.25) is 0 Å². The van der Waals surface area contributed by atoms with Crippen LogP contribution in [0.25, 0.3) is 0 Å². The van der Waals surface area contributed by atoms with Crippen LogP contribution in [0.4, 0.5) is 0 Å². The standard InChI is InChI=1S/B2H5NS2/c1-4-3-5-2/h3H,1-2H2. The highest BCUT2D eigenvalue weighted by Crippen LogP contribution is 1.87. The number of nitrogens with one attached hydrogen (secondary N) is 1. The Morgan fingerprint density at radius 3 is 1.60 bits per heavy atom. The van der Waals surface area contributed by atoms with E-state index < -0.39 is 0 Å². The molecule has 0 saturated heterocycles. The van der Waals surface area contributed by atoms with Gasteiger partial charge in [0.05, 0.1) is 0 Å². The molecule has 0 atom stereocenters. The van der Waals surface area contributed by atoms with Crippen molar-refractivity contribution in [3.8, 4) is 0 Å². The SMILES string of the molecule is BSNSB. The van der Waals surface area contributed by atoms with Crippen molar-refractivity contribution in [3.05, 3.63) is 0 Å². The molecule has 0 saturated carbocycles. The Morgan fingerprint density at radius 2 is 1.60 bits per heavy atom. The lowest BCUT2D eigenvalue weighted by Gasteiger charge is -1.85. The molecular formula is H5B2NS2. The van der Waals surface area contributed by atoms with Gasteiger partial charge in [-0.1, -0.05) is 0 Å². The molecule has 0 radical (unpaired) electrons. The van der Waals surface area contributed by atoms with Gasteiger partial charge in [-0.25, -0.2) is 4.13 Å². The van der Waals surface area contributed by atoms with Gasteiger partial charge in [0.25, 0.3) is 0 Å². The molecule has 5 heavy (non-hydrogen) atoms. The van der Waals surface area contributed by atoms with Gasteiger partial charge in [0, 0.05) is 0 Å². The minimum atomic E-state index is 1.61. The molecule has 0 spiro atoms. The fourth-order valence-corrected chi connectivity index (χ4v) is 0.750. The molecule has 0 aliphatic carbocycles. The predicted octanol–water partition coefficient (Wildman–Crippen LogP) is -1.03. The van der Waals surface area contributed by atoms with Crippen LogP contribution in [0, 0.1) is 0 Å². The van der Waals surface area contributed by atoms with Crippen molar-refractivity contribution >= 4 is 37.8 Å². The molecule has 1 nitrogen and oxygen atoms in total. The molecule has 1 N–H and O–H groups in total. The molecule has 5 heteroatoms. The van der Waals surface area contributed by atoms with Crippen LogP contribution < -0.4 is 4.13 Å². The quantitative estimate of drug-likeness (QED) is 0.356. The minimum absolute atomic E-state index is 1.61. The van der Waals surface area contributed by atoms with Crippen LogP contribution in [-0.2, 0) is 0 Å². The van der Waals surface area contributed by atoms with E-state index >= 15 is 0 Å². The van der Waals surface area contributed by atoms with E-state index in [0.717, 1.165) is 0 Å². The molecule has 0 aromatic rings. The molecule has 0 aromatic heterocycles. The molecule has 0 rings (SSSR count). The number of hydrogen-bond donors (Lipinski definition) is 1. The molecule has 0 aliphatic heterocycles. The third-order valence-electron chi connectivity index (χ3n) is 0.167. The molecule has 28 valence electrons. The topological polar surface area (TPSA) is 12.0 Å². The van der Waals surface area contributed by atoms with Crippen LogP contribution >= 0.6 is 23.6 Å². The Kier molecular flexibility index (Phi) is 5.55. The zero-order valence-corrected chi connectivity index (χ0v) is 4.95. The van der Waals surface area contributed by atoms with Crippen molar-refractivity contribution in [1.29, 1.82) is 0 Å². The summed E-state index contributed by atoms with van der Waals surface area (Å²) < 4.78 is 2.94. The maximum Gasteiger partial charge on any atom is 0.194 e. The molecule has 0 unspecified atom stereocenters. The summed E-state index contributed by atoms with van der Waals surface area (Å²) in [5, 5.41) is 0. The molecule has 0 bridgehead atoms. The first kappa shape index (κ1) is 5.79. The second-order valence-electron chi connectivity index (χ2n) is 0.492. The summed E-state index contributed by atoms with van der Waals surface area (Å²) >= 11 is 3.23. The third kappa shape index (κ3) is 4.79. The van der Waals surface area contributed by atoms with E-state index in [-0.39, 0.29) is 0 Å². The average Bonchev–Trinajstić information content (AvgIpc) is 1.41. The molecule has 0 aliphatic rings. The first-order valence-electron chi connectivity index (χ1n) is 1.22. The highest BCUT2D eigenvalue weighted by molar-refractivity contribution is 8.31. The van der Waals surface area contributed by atoms with E-state index in [4.69, 9.17) is 0 Å². The van der Waals surface area contributed by atoms with Crippen molar-refractivity contribution in [3.63, 3.8) is 0 Å². The van der Waals surface area contributed by atoms with Gasteiger partial charge in [0.1, 0.15) is 0 Å². The van der Waals surface area contributed by atoms with Gasteiger partial charge in [-0.05, 0) is 0 Å². The Bertz CT molecular complexity index is 15.1. The van der Waals surface area contributed by atoms with Crippen molar-refractivity contribution in [2.24, 2.45) is 0 Å². The smallest absolute Gasteiger partial charge is 0.194 e. The molecule has 0 amide bonds. The Balaban J connectivity index is 2.19. The van der Waals surface area contributed by atoms with Gasteiger partial charge >= 0.3 is 0 Å². The second kappa shape index (κ2) is 4.79. The van der Waals surface area contributed by atoms with E-state index in [1.807, 2.05) is 14.2 Å². The summed E-state index contributed by atoms with van der Waals surface area (Å²) in [7, 11) is 3.99. The molecule has 0 fully saturated rings. The number of hydrogen-bond acceptors (Lipinski definition) is 3. The van der Waals surface area contributed by atoms with Crippen LogP contribution in [0.2, 0.25) is 0 Å². The zero-order valence-electron chi connectivity index (χ0n) is 3.32. The van der Waals surface area contributed by atoms with E-state index in [9.17, 15) is 0 Å². The maximum atomic E-state index is 2.94. The van der Waals surface area contributed by atoms with Crippen molar-refractivity contribution in [1.82, 2.24) is 4.13 Å². The molecule has 0 aromatic carbocycles. The van der Waals surface area contributed by atoms with Gasteiger partial charge < -0.3 is 0 Å². The summed E-state index contributed by atoms with van der Waals surface area (Å²) in [5.74, 6) is 0. The normalized spacial score (nSPS) is 8.00. The van der Waals surface area contributed by atoms with E-state index in [1.165, 1.54) is 0 Å². The molecular weight excluding hydrogens is 99.8 g/mol. The van der Waals surface area contributed by atoms with Crippen LogP contribution in [0.3, 0.4) is 0 Å². The second-order valence-corrected chi connectivity index (χ2v) is 1.97. The summed E-state index contributed by atoms with van der Waals surface area (Å²) in [6.45, 7) is 0. The average molecular weight is 105 g/mol. The highest BCUT2D eigenvalue weighted by atomic mass is 32.2. The largest absolute Gasteiger partial charge is 0.230 e. The third-order valence-corrected chi connectivity index (χ3v) is 1.50. The van der Waals surface area contributed by atoms with Gasteiger partial charge in [0.15, 0.2) is 14.2 Å². The Labute approximate surface area is 42.5 Å². The zero-order chi connectivity index (χ0) is 4.12. The minimum Gasteiger partial charge on any atom is -0.230 e. The van der Waals surface area contributed by atoms with E-state index in [0.29, 0.717) is 0 Å². The highest BCUT2D eigenvalue weighted by Gasteiger charge is 1.64. The fraction of sp³-hybridized carbons (Fsp3) is 0. The van der Waals surface area contributed by atoms with Crippen LogP contribution in [0.1, 0.15) is 0 Å². The van der Waals surface area contributed by atoms with Crippen LogP contribution in [-0.4, -0.2) is 14.2 Å². The molecule has 0 heterocycles.